The van der Waals surface area contributed by atoms with Crippen molar-refractivity contribution in [1.29, 1.82) is 0 Å². The van der Waals surface area contributed by atoms with Crippen molar-refractivity contribution >= 4 is 11.0 Å². The van der Waals surface area contributed by atoms with E-state index in [4.69, 9.17) is 32.8 Å². The van der Waals surface area contributed by atoms with E-state index in [9.17, 15) is 71.2 Å². The number of rotatable bonds is 9. The number of hydrogen-bond acceptors (Lipinski definition) is 21. The van der Waals surface area contributed by atoms with E-state index in [0.717, 1.165) is 18.2 Å². The summed E-state index contributed by atoms with van der Waals surface area (Å²) in [5.74, 6) is -3.32. The summed E-state index contributed by atoms with van der Waals surface area (Å²) in [5.41, 5.74) is -1.55. The van der Waals surface area contributed by atoms with Crippen molar-refractivity contribution in [2.45, 2.75) is 99.0 Å². The first-order valence-electron chi connectivity index (χ1n) is 16.5. The van der Waals surface area contributed by atoms with E-state index >= 15 is 0 Å². The summed E-state index contributed by atoms with van der Waals surface area (Å²) >= 11 is 0. The molecular weight excluding hydrogens is 732 g/mol. The van der Waals surface area contributed by atoms with Crippen LogP contribution in [0.3, 0.4) is 0 Å². The molecule has 21 heteroatoms. The molecule has 2 aromatic carbocycles. The van der Waals surface area contributed by atoms with Gasteiger partial charge in [0.15, 0.2) is 29.8 Å². The van der Waals surface area contributed by atoms with Gasteiger partial charge in [0.1, 0.15) is 96.2 Å². The first-order chi connectivity index (χ1) is 25.5. The normalized spacial score (nSPS) is 37.3. The van der Waals surface area contributed by atoms with Crippen LogP contribution in [0.25, 0.3) is 22.3 Å². The van der Waals surface area contributed by atoms with E-state index in [1.807, 2.05) is 0 Å². The van der Waals surface area contributed by atoms with Crippen LogP contribution in [0.1, 0.15) is 6.92 Å². The smallest absolute Gasteiger partial charge is 0.239 e. The Labute approximate surface area is 303 Å². The van der Waals surface area contributed by atoms with Crippen molar-refractivity contribution in [3.05, 3.63) is 40.6 Å². The number of phenols is 3. The summed E-state index contributed by atoms with van der Waals surface area (Å²) in [5, 5.41) is 133. The quantitative estimate of drug-likeness (QED) is 0.0980. The average molecular weight is 773 g/mol. The zero-order valence-corrected chi connectivity index (χ0v) is 28.0. The van der Waals surface area contributed by atoms with Gasteiger partial charge in [-0.05, 0) is 25.1 Å². The van der Waals surface area contributed by atoms with E-state index in [-0.39, 0.29) is 16.9 Å². The molecule has 13 N–H and O–H groups in total. The number of phenolic OH excluding ortho intramolecular Hbond substituents is 3. The molecule has 0 spiro atoms. The van der Waals surface area contributed by atoms with Gasteiger partial charge in [-0.15, -0.1) is 0 Å². The number of aliphatic hydroxyl groups excluding tert-OH is 10. The van der Waals surface area contributed by atoms with Crippen molar-refractivity contribution in [2.24, 2.45) is 0 Å². The third-order valence-electron chi connectivity index (χ3n) is 9.36. The number of benzene rings is 2. The summed E-state index contributed by atoms with van der Waals surface area (Å²) in [6, 6.07) is 5.28. The Balaban J connectivity index is 1.28. The van der Waals surface area contributed by atoms with Gasteiger partial charge in [0.05, 0.1) is 12.7 Å². The van der Waals surface area contributed by atoms with Crippen molar-refractivity contribution < 1.29 is 99.2 Å². The summed E-state index contributed by atoms with van der Waals surface area (Å²) < 4.78 is 38.7. The first-order valence-corrected chi connectivity index (χ1v) is 16.5. The summed E-state index contributed by atoms with van der Waals surface area (Å²) in [7, 11) is 0. The molecule has 3 fully saturated rings. The molecule has 0 amide bonds. The molecule has 3 saturated heterocycles. The lowest BCUT2D eigenvalue weighted by Gasteiger charge is -2.42. The first kappa shape index (κ1) is 39.8. The standard InChI is InChI=1S/C33H40O21/c1-9-19(37)23(41)27(45)32(50-9)49-8-17-21(39)25(43)28(46)33(53-17)54-30-22(40)18-13(36)5-11(34)6-15(18)51-29(30)10-2-3-14(12(35)4-10)48-7-16-20(38)24(42)26(44)31(47)52-16/h2-6,9,16-17,19-21,23-28,31-39,41-47H,7-8H2,1H3/t9-,16+,17+,19-,20+,21+,23+,24-,25-,26+,27+,28+,31+,32+,33-/m0/s1. The van der Waals surface area contributed by atoms with E-state index in [2.05, 4.69) is 0 Å². The van der Waals surface area contributed by atoms with Crippen LogP contribution in [-0.4, -0.2) is 172 Å². The molecule has 21 nitrogen and oxygen atoms in total. The lowest BCUT2D eigenvalue weighted by molar-refractivity contribution is -0.318. The van der Waals surface area contributed by atoms with Crippen LogP contribution in [0.2, 0.25) is 0 Å². The van der Waals surface area contributed by atoms with E-state index in [1.165, 1.54) is 19.1 Å². The Morgan fingerprint density at radius 1 is 0.648 bits per heavy atom. The maximum atomic E-state index is 13.9. The average Bonchev–Trinajstić information content (AvgIpc) is 3.13. The molecule has 0 unspecified atom stereocenters. The maximum absolute atomic E-state index is 13.9. The second kappa shape index (κ2) is 15.7. The highest BCUT2D eigenvalue weighted by molar-refractivity contribution is 5.88. The monoisotopic (exact) mass is 772 g/mol. The SMILES string of the molecule is C[C@@H]1O[C@@H](OC[C@H]2O[C@@H](Oc3c(-c4ccc(OC[C@H]5O[C@@H](O)[C@H](O)[C@@H](O)[C@@H]5O)c(O)c4)oc4cc(O)cc(O)c4c3=O)[C@H](O)[C@@H](O)[C@@H]2O)[C@H](O)[C@H](O)[C@H]1O. The fraction of sp³-hybridized carbons (Fsp3) is 0.545. The van der Waals surface area contributed by atoms with Gasteiger partial charge in [-0.1, -0.05) is 0 Å². The minimum Gasteiger partial charge on any atom is -0.508 e. The van der Waals surface area contributed by atoms with Crippen molar-refractivity contribution in [3.8, 4) is 40.1 Å². The van der Waals surface area contributed by atoms with Crippen molar-refractivity contribution in [3.63, 3.8) is 0 Å². The summed E-state index contributed by atoms with van der Waals surface area (Å²) in [6.45, 7) is 0.217. The predicted molar refractivity (Wildman–Crippen MR) is 173 cm³/mol. The summed E-state index contributed by atoms with van der Waals surface area (Å²) in [6.07, 6.45) is -25.1. The lowest BCUT2D eigenvalue weighted by atomic mass is 9.98. The van der Waals surface area contributed by atoms with Gasteiger partial charge in [-0.25, -0.2) is 0 Å². The fourth-order valence-corrected chi connectivity index (χ4v) is 6.20. The fourth-order valence-electron chi connectivity index (χ4n) is 6.20. The molecule has 0 bridgehead atoms. The Kier molecular flexibility index (Phi) is 11.5. The van der Waals surface area contributed by atoms with Gasteiger partial charge < -0.3 is 99.2 Å². The Hall–Kier alpha value is -3.91. The minimum atomic E-state index is -2.04. The highest BCUT2D eigenvalue weighted by atomic mass is 16.7. The van der Waals surface area contributed by atoms with Gasteiger partial charge in [0, 0.05) is 17.7 Å². The summed E-state index contributed by atoms with van der Waals surface area (Å²) in [4.78, 5) is 13.9. The molecule has 15 atom stereocenters. The largest absolute Gasteiger partial charge is 0.508 e. The van der Waals surface area contributed by atoms with Crippen LogP contribution >= 0.6 is 0 Å². The molecule has 3 aliphatic rings. The van der Waals surface area contributed by atoms with Gasteiger partial charge in [-0.3, -0.25) is 4.79 Å². The lowest BCUT2D eigenvalue weighted by Crippen LogP contribution is -2.61. The van der Waals surface area contributed by atoms with Crippen LogP contribution in [0, 0.1) is 0 Å². The Bertz CT molecular complexity index is 1850. The second-order valence-electron chi connectivity index (χ2n) is 13.1. The molecule has 6 rings (SSSR count). The number of aliphatic hydroxyl groups is 10. The van der Waals surface area contributed by atoms with Gasteiger partial charge in [0.2, 0.25) is 17.5 Å². The van der Waals surface area contributed by atoms with E-state index in [0.29, 0.717) is 0 Å². The predicted octanol–water partition coefficient (Wildman–Crippen LogP) is -4.21. The number of aromatic hydroxyl groups is 3. The molecule has 4 heterocycles. The number of ether oxygens (including phenoxy) is 6. The highest BCUT2D eigenvalue weighted by Crippen LogP contribution is 2.40. The zero-order chi connectivity index (χ0) is 39.3. The minimum absolute atomic E-state index is 0.108. The molecule has 3 aromatic rings. The Morgan fingerprint density at radius 3 is 1.96 bits per heavy atom. The van der Waals surface area contributed by atoms with Crippen LogP contribution in [0.15, 0.2) is 39.5 Å². The van der Waals surface area contributed by atoms with Crippen LogP contribution in [0.5, 0.6) is 28.7 Å². The van der Waals surface area contributed by atoms with Crippen molar-refractivity contribution in [1.82, 2.24) is 0 Å². The molecular formula is C33H40O21. The third-order valence-corrected chi connectivity index (χ3v) is 9.36. The topological polar surface area (TPSA) is 349 Å². The molecule has 0 saturated carbocycles. The van der Waals surface area contributed by atoms with Gasteiger partial charge in [0.25, 0.3) is 0 Å². The Morgan fingerprint density at radius 2 is 1.28 bits per heavy atom. The number of fused-ring (bicyclic) bond motifs is 1. The van der Waals surface area contributed by atoms with Gasteiger partial charge >= 0.3 is 0 Å². The molecule has 298 valence electrons. The van der Waals surface area contributed by atoms with Crippen molar-refractivity contribution in [2.75, 3.05) is 13.2 Å². The third kappa shape index (κ3) is 7.52. The molecule has 54 heavy (non-hydrogen) atoms. The molecule has 3 aliphatic heterocycles. The maximum Gasteiger partial charge on any atom is 0.239 e. The highest BCUT2D eigenvalue weighted by Gasteiger charge is 2.48. The molecule has 1 aromatic heterocycles. The molecule has 0 aliphatic carbocycles. The van der Waals surface area contributed by atoms with Gasteiger partial charge in [-0.2, -0.15) is 0 Å². The van der Waals surface area contributed by atoms with Crippen LogP contribution in [-0.2, 0) is 18.9 Å². The van der Waals surface area contributed by atoms with Crippen LogP contribution < -0.4 is 14.9 Å². The van der Waals surface area contributed by atoms with E-state index < -0.39 is 145 Å². The second-order valence-corrected chi connectivity index (χ2v) is 13.1. The van der Waals surface area contributed by atoms with E-state index in [1.54, 1.807) is 0 Å². The van der Waals surface area contributed by atoms with Crippen LogP contribution in [0.4, 0.5) is 0 Å². The molecule has 0 radical (unpaired) electrons. The zero-order valence-electron chi connectivity index (χ0n) is 28.0. The number of hydrogen-bond donors (Lipinski definition) is 13.